The van der Waals surface area contributed by atoms with Gasteiger partial charge in [0, 0.05) is 19.2 Å². The molecule has 158 valence electrons. The number of likely N-dealkylation sites (N-methyl/N-ethyl adjacent to an activating group) is 1. The lowest BCUT2D eigenvalue weighted by Crippen LogP contribution is -2.35. The van der Waals surface area contributed by atoms with E-state index in [1.54, 1.807) is 0 Å². The first-order chi connectivity index (χ1) is 14.2. The number of hydrogen-bond donors (Lipinski definition) is 2. The molecular formula is C22H23FN2O5. The van der Waals surface area contributed by atoms with Crippen LogP contribution in [0.2, 0.25) is 0 Å². The van der Waals surface area contributed by atoms with E-state index in [1.165, 1.54) is 54.5 Å². The third kappa shape index (κ3) is 3.99. The van der Waals surface area contributed by atoms with E-state index in [4.69, 9.17) is 4.74 Å². The first-order valence-electron chi connectivity index (χ1n) is 9.30. The minimum absolute atomic E-state index is 0.00600. The summed E-state index contributed by atoms with van der Waals surface area (Å²) in [5.74, 6) is -2.53. The molecule has 1 aliphatic heterocycles. The molecule has 1 amide bonds. The second-order valence-corrected chi connectivity index (χ2v) is 7.23. The number of aliphatic hydroxyl groups excluding tert-OH is 1. The molecule has 0 radical (unpaired) electrons. The number of halogens is 1. The fourth-order valence-electron chi connectivity index (χ4n) is 3.39. The Morgan fingerprint density at radius 1 is 1.17 bits per heavy atom. The third-order valence-corrected chi connectivity index (χ3v) is 4.97. The summed E-state index contributed by atoms with van der Waals surface area (Å²) in [5, 5.41) is 21.2. The van der Waals surface area contributed by atoms with Crippen LogP contribution in [0.1, 0.15) is 17.2 Å². The van der Waals surface area contributed by atoms with Gasteiger partial charge in [0.15, 0.2) is 0 Å². The summed E-state index contributed by atoms with van der Waals surface area (Å²) < 4.78 is 18.5. The van der Waals surface area contributed by atoms with Crippen LogP contribution in [-0.2, 0) is 9.59 Å². The number of amides is 1. The smallest absolute Gasteiger partial charge is 0.295 e. The average Bonchev–Trinajstić information content (AvgIpc) is 2.96. The van der Waals surface area contributed by atoms with Gasteiger partial charge >= 0.3 is 0 Å². The van der Waals surface area contributed by atoms with Crippen LogP contribution in [0.3, 0.4) is 0 Å². The van der Waals surface area contributed by atoms with Gasteiger partial charge in [0.2, 0.25) is 0 Å². The van der Waals surface area contributed by atoms with Gasteiger partial charge in [-0.1, -0.05) is 12.1 Å². The van der Waals surface area contributed by atoms with Gasteiger partial charge in [-0.3, -0.25) is 9.59 Å². The Bertz CT molecular complexity index is 1000. The van der Waals surface area contributed by atoms with Crippen molar-refractivity contribution in [3.05, 3.63) is 65.0 Å². The Morgan fingerprint density at radius 3 is 2.40 bits per heavy atom. The molecular weight excluding hydrogens is 391 g/mol. The maximum absolute atomic E-state index is 13.5. The van der Waals surface area contributed by atoms with Gasteiger partial charge < -0.3 is 24.7 Å². The molecule has 1 aliphatic rings. The second-order valence-electron chi connectivity index (χ2n) is 7.23. The Hall–Kier alpha value is -3.39. The summed E-state index contributed by atoms with van der Waals surface area (Å²) in [6.07, 6.45) is 0. The number of nitrogens with zero attached hydrogens (tertiary/aromatic N) is 2. The summed E-state index contributed by atoms with van der Waals surface area (Å²) in [7, 11) is 5.09. The van der Waals surface area contributed by atoms with Crippen LogP contribution in [0.4, 0.5) is 4.39 Å². The molecule has 2 aromatic carbocycles. The van der Waals surface area contributed by atoms with Gasteiger partial charge in [-0.05, 0) is 43.9 Å². The maximum Gasteiger partial charge on any atom is 0.295 e. The fourth-order valence-corrected chi connectivity index (χ4v) is 3.39. The zero-order valence-electron chi connectivity index (χ0n) is 16.9. The first-order valence-corrected chi connectivity index (χ1v) is 9.30. The van der Waals surface area contributed by atoms with Crippen LogP contribution in [0.5, 0.6) is 11.5 Å². The standard InChI is InChI=1S/C22H23FN2O5/c1-24(2)10-11-25-19(13-4-6-14(23)7-5-13)18(21(28)22(25)29)20(27)16-9-8-15(30-3)12-17(16)26/h4-9,12,19,26-27H,10-11H2,1-3H3/t19-/m0/s1. The number of aliphatic hydroxyl groups is 1. The molecule has 1 fully saturated rings. The number of hydrogen-bond acceptors (Lipinski definition) is 6. The highest BCUT2D eigenvalue weighted by molar-refractivity contribution is 6.46. The predicted octanol–water partition coefficient (Wildman–Crippen LogP) is 2.52. The lowest BCUT2D eigenvalue weighted by Gasteiger charge is -2.26. The number of benzene rings is 2. The fraction of sp³-hybridized carbons (Fsp3) is 0.273. The van der Waals surface area contributed by atoms with Gasteiger partial charge in [-0.15, -0.1) is 0 Å². The van der Waals surface area contributed by atoms with Crippen LogP contribution < -0.4 is 4.74 Å². The summed E-state index contributed by atoms with van der Waals surface area (Å²) in [5.41, 5.74) is 0.309. The van der Waals surface area contributed by atoms with Crippen molar-refractivity contribution in [2.45, 2.75) is 6.04 Å². The molecule has 2 aromatic rings. The van der Waals surface area contributed by atoms with E-state index < -0.39 is 29.3 Å². The van der Waals surface area contributed by atoms with Crippen LogP contribution in [0, 0.1) is 5.82 Å². The molecule has 0 saturated carbocycles. The van der Waals surface area contributed by atoms with E-state index >= 15 is 0 Å². The van der Waals surface area contributed by atoms with E-state index in [2.05, 4.69) is 0 Å². The molecule has 7 nitrogen and oxygen atoms in total. The second kappa shape index (κ2) is 8.54. The first kappa shape index (κ1) is 21.3. The van der Waals surface area contributed by atoms with E-state index in [9.17, 15) is 24.2 Å². The van der Waals surface area contributed by atoms with Crippen molar-refractivity contribution in [1.29, 1.82) is 0 Å². The van der Waals surface area contributed by atoms with Crippen molar-refractivity contribution in [3.63, 3.8) is 0 Å². The highest BCUT2D eigenvalue weighted by Gasteiger charge is 2.46. The van der Waals surface area contributed by atoms with Gasteiger partial charge in [-0.2, -0.15) is 0 Å². The SMILES string of the molecule is COc1ccc(C(O)=C2C(=O)C(=O)N(CCN(C)C)[C@H]2c2ccc(F)cc2)c(O)c1. The van der Waals surface area contributed by atoms with Crippen molar-refractivity contribution in [1.82, 2.24) is 9.80 Å². The molecule has 1 atom stereocenters. The molecule has 0 aromatic heterocycles. The van der Waals surface area contributed by atoms with Gasteiger partial charge in [-0.25, -0.2) is 4.39 Å². The molecule has 0 spiro atoms. The number of aromatic hydroxyl groups is 1. The Morgan fingerprint density at radius 2 is 1.83 bits per heavy atom. The monoisotopic (exact) mass is 414 g/mol. The molecule has 1 saturated heterocycles. The zero-order valence-corrected chi connectivity index (χ0v) is 16.9. The molecule has 0 aliphatic carbocycles. The molecule has 30 heavy (non-hydrogen) atoms. The summed E-state index contributed by atoms with van der Waals surface area (Å²) in [4.78, 5) is 28.8. The summed E-state index contributed by atoms with van der Waals surface area (Å²) in [6, 6.07) is 8.70. The van der Waals surface area contributed by atoms with Crippen LogP contribution in [0.25, 0.3) is 5.76 Å². The van der Waals surface area contributed by atoms with Crippen molar-refractivity contribution in [2.24, 2.45) is 0 Å². The predicted molar refractivity (Wildman–Crippen MR) is 109 cm³/mol. The number of phenolic OH excluding ortho intramolecular Hbond substituents is 1. The highest BCUT2D eigenvalue weighted by atomic mass is 19.1. The van der Waals surface area contributed by atoms with Gasteiger partial charge in [0.1, 0.15) is 23.1 Å². The molecule has 1 heterocycles. The Labute approximate surface area is 173 Å². The maximum atomic E-state index is 13.5. The summed E-state index contributed by atoms with van der Waals surface area (Å²) in [6.45, 7) is 0.712. The number of phenols is 1. The van der Waals surface area contributed by atoms with E-state index in [-0.39, 0.29) is 23.4 Å². The minimum Gasteiger partial charge on any atom is -0.507 e. The molecule has 8 heteroatoms. The highest BCUT2D eigenvalue weighted by Crippen LogP contribution is 2.41. The van der Waals surface area contributed by atoms with Gasteiger partial charge in [0.05, 0.1) is 24.3 Å². The van der Waals surface area contributed by atoms with Crippen LogP contribution in [-0.4, -0.2) is 66.0 Å². The lowest BCUT2D eigenvalue weighted by molar-refractivity contribution is -0.140. The van der Waals surface area contributed by atoms with Gasteiger partial charge in [0.25, 0.3) is 11.7 Å². The topological polar surface area (TPSA) is 90.3 Å². The van der Waals surface area contributed by atoms with Crippen LogP contribution in [0.15, 0.2) is 48.0 Å². The quantitative estimate of drug-likeness (QED) is 0.429. The van der Waals surface area contributed by atoms with Crippen molar-refractivity contribution >= 4 is 17.4 Å². The number of likely N-dealkylation sites (tertiary alicyclic amines) is 1. The van der Waals surface area contributed by atoms with Crippen molar-refractivity contribution in [3.8, 4) is 11.5 Å². The number of ether oxygens (including phenoxy) is 1. The van der Waals surface area contributed by atoms with E-state index in [1.807, 2.05) is 19.0 Å². The third-order valence-electron chi connectivity index (χ3n) is 4.97. The summed E-state index contributed by atoms with van der Waals surface area (Å²) >= 11 is 0. The average molecular weight is 414 g/mol. The van der Waals surface area contributed by atoms with Crippen molar-refractivity contribution in [2.75, 3.05) is 34.3 Å². The number of carbonyl (C=O) groups excluding carboxylic acids is 2. The largest absolute Gasteiger partial charge is 0.507 e. The minimum atomic E-state index is -0.910. The normalized spacial score (nSPS) is 18.3. The van der Waals surface area contributed by atoms with E-state index in [0.29, 0.717) is 17.9 Å². The molecule has 3 rings (SSSR count). The van der Waals surface area contributed by atoms with E-state index in [0.717, 1.165) is 0 Å². The van der Waals surface area contributed by atoms with Crippen LogP contribution >= 0.6 is 0 Å². The number of Topliss-reactive ketones (excluding diaryl/α,β-unsaturated/α-hetero) is 1. The molecule has 0 bridgehead atoms. The molecule has 0 unspecified atom stereocenters. The lowest BCUT2D eigenvalue weighted by atomic mass is 9.95. The Balaban J connectivity index is 2.16. The number of rotatable bonds is 6. The Kier molecular flexibility index (Phi) is 6.07. The number of ketones is 1. The number of methoxy groups -OCH3 is 1. The molecule has 2 N–H and O–H groups in total. The van der Waals surface area contributed by atoms with Crippen molar-refractivity contribution < 1.29 is 28.9 Å². The number of carbonyl (C=O) groups is 2. The zero-order chi connectivity index (χ0) is 22.0.